The molecule has 2 aromatic rings. The molecule has 0 aliphatic carbocycles. The van der Waals surface area contributed by atoms with Crippen LogP contribution in [0, 0.1) is 16.7 Å². The zero-order valence-electron chi connectivity index (χ0n) is 15.2. The molecule has 1 N–H and O–H groups in total. The first-order chi connectivity index (χ1) is 12.3. The number of anilines is 2. The van der Waals surface area contributed by atoms with E-state index in [1.165, 1.54) is 0 Å². The summed E-state index contributed by atoms with van der Waals surface area (Å²) in [4.78, 5) is 26.7. The van der Waals surface area contributed by atoms with Gasteiger partial charge in [0.05, 0.1) is 11.6 Å². The number of hydrogen-bond acceptors (Lipinski definition) is 3. The van der Waals surface area contributed by atoms with Crippen LogP contribution >= 0.6 is 0 Å². The molecule has 0 aromatic heterocycles. The van der Waals surface area contributed by atoms with E-state index in [2.05, 4.69) is 5.32 Å². The SMILES string of the molecule is CC(C)(C)C(=O)N1CCc2cc(NC(=O)c3ccc(C#N)cc3)ccc21. The molecule has 2 amide bonds. The molecule has 2 aromatic carbocycles. The van der Waals surface area contributed by atoms with Crippen LogP contribution < -0.4 is 10.2 Å². The van der Waals surface area contributed by atoms with E-state index >= 15 is 0 Å². The monoisotopic (exact) mass is 347 g/mol. The quantitative estimate of drug-likeness (QED) is 0.899. The number of rotatable bonds is 2. The van der Waals surface area contributed by atoms with Gasteiger partial charge in [0.2, 0.25) is 5.91 Å². The maximum absolute atomic E-state index is 12.6. The fraction of sp³-hybridized carbons (Fsp3) is 0.286. The van der Waals surface area contributed by atoms with Gasteiger partial charge in [-0.25, -0.2) is 0 Å². The van der Waals surface area contributed by atoms with Gasteiger partial charge in [-0.3, -0.25) is 9.59 Å². The molecule has 5 nitrogen and oxygen atoms in total. The summed E-state index contributed by atoms with van der Waals surface area (Å²) in [5.74, 6) is -0.124. The van der Waals surface area contributed by atoms with Crippen molar-refractivity contribution in [1.29, 1.82) is 5.26 Å². The van der Waals surface area contributed by atoms with Crippen LogP contribution in [0.3, 0.4) is 0 Å². The Hall–Kier alpha value is -3.13. The number of fused-ring (bicyclic) bond motifs is 1. The summed E-state index contributed by atoms with van der Waals surface area (Å²) in [6.07, 6.45) is 0.776. The van der Waals surface area contributed by atoms with Gasteiger partial charge < -0.3 is 10.2 Å². The molecular weight excluding hydrogens is 326 g/mol. The predicted octanol–water partition coefficient (Wildman–Crippen LogP) is 3.75. The average molecular weight is 347 g/mol. The van der Waals surface area contributed by atoms with Crippen LogP contribution in [-0.2, 0) is 11.2 Å². The van der Waals surface area contributed by atoms with Gasteiger partial charge in [0, 0.05) is 28.9 Å². The fourth-order valence-corrected chi connectivity index (χ4v) is 2.99. The van der Waals surface area contributed by atoms with Crippen LogP contribution in [0.25, 0.3) is 0 Å². The van der Waals surface area contributed by atoms with Gasteiger partial charge in [0.1, 0.15) is 0 Å². The summed E-state index contributed by atoms with van der Waals surface area (Å²) in [6, 6.07) is 14.2. The van der Waals surface area contributed by atoms with Gasteiger partial charge in [-0.15, -0.1) is 0 Å². The number of amides is 2. The molecule has 132 valence electrons. The molecular formula is C21H21N3O2. The van der Waals surface area contributed by atoms with E-state index in [0.29, 0.717) is 23.4 Å². The third kappa shape index (κ3) is 3.45. The van der Waals surface area contributed by atoms with E-state index < -0.39 is 5.41 Å². The number of carbonyl (C=O) groups excluding carboxylic acids is 2. The van der Waals surface area contributed by atoms with Crippen molar-refractivity contribution in [2.24, 2.45) is 5.41 Å². The highest BCUT2D eigenvalue weighted by Crippen LogP contribution is 2.33. The van der Waals surface area contributed by atoms with Crippen LogP contribution in [0.2, 0.25) is 0 Å². The molecule has 0 saturated heterocycles. The van der Waals surface area contributed by atoms with E-state index in [1.807, 2.05) is 49.9 Å². The second kappa shape index (κ2) is 6.64. The van der Waals surface area contributed by atoms with Crippen molar-refractivity contribution in [3.63, 3.8) is 0 Å². The van der Waals surface area contributed by atoms with Crippen molar-refractivity contribution in [1.82, 2.24) is 0 Å². The normalized spacial score (nSPS) is 13.1. The first-order valence-corrected chi connectivity index (χ1v) is 8.56. The summed E-state index contributed by atoms with van der Waals surface area (Å²) >= 11 is 0. The number of nitriles is 1. The van der Waals surface area contributed by atoms with Gasteiger partial charge in [-0.2, -0.15) is 5.26 Å². The summed E-state index contributed by atoms with van der Waals surface area (Å²) in [5.41, 5.74) is 3.26. The van der Waals surface area contributed by atoms with Crippen LogP contribution in [0.5, 0.6) is 0 Å². The minimum atomic E-state index is -0.427. The van der Waals surface area contributed by atoms with Crippen LogP contribution in [0.15, 0.2) is 42.5 Å². The molecule has 0 spiro atoms. The van der Waals surface area contributed by atoms with Gasteiger partial charge in [0.25, 0.3) is 5.91 Å². The van der Waals surface area contributed by atoms with E-state index in [0.717, 1.165) is 17.7 Å². The summed E-state index contributed by atoms with van der Waals surface area (Å²) in [5, 5.41) is 11.7. The van der Waals surface area contributed by atoms with Crippen molar-refractivity contribution in [3.8, 4) is 6.07 Å². The largest absolute Gasteiger partial charge is 0.322 e. The molecule has 3 rings (SSSR count). The average Bonchev–Trinajstić information content (AvgIpc) is 3.03. The maximum atomic E-state index is 12.6. The third-order valence-electron chi connectivity index (χ3n) is 4.40. The number of nitrogens with one attached hydrogen (secondary N) is 1. The second-order valence-electron chi connectivity index (χ2n) is 7.44. The van der Waals surface area contributed by atoms with Crippen LogP contribution in [-0.4, -0.2) is 18.4 Å². The van der Waals surface area contributed by atoms with Gasteiger partial charge >= 0.3 is 0 Å². The summed E-state index contributed by atoms with van der Waals surface area (Å²) < 4.78 is 0. The highest BCUT2D eigenvalue weighted by Gasteiger charge is 2.32. The van der Waals surface area contributed by atoms with Gasteiger partial charge in [-0.1, -0.05) is 20.8 Å². The molecule has 0 atom stereocenters. The molecule has 0 bridgehead atoms. The second-order valence-corrected chi connectivity index (χ2v) is 7.44. The lowest BCUT2D eigenvalue weighted by Gasteiger charge is -2.26. The zero-order chi connectivity index (χ0) is 18.9. The Morgan fingerprint density at radius 2 is 1.81 bits per heavy atom. The molecule has 0 fully saturated rings. The number of carbonyl (C=O) groups is 2. The Labute approximate surface area is 153 Å². The topological polar surface area (TPSA) is 73.2 Å². The number of benzene rings is 2. The number of hydrogen-bond donors (Lipinski definition) is 1. The maximum Gasteiger partial charge on any atom is 0.255 e. The first-order valence-electron chi connectivity index (χ1n) is 8.56. The minimum absolute atomic E-state index is 0.102. The standard InChI is InChI=1S/C21H21N3O2/c1-21(2,3)20(26)24-11-10-16-12-17(8-9-18(16)24)23-19(25)15-6-4-14(13-22)5-7-15/h4-9,12H,10-11H2,1-3H3,(H,23,25). The molecule has 26 heavy (non-hydrogen) atoms. The molecule has 1 heterocycles. The molecule has 1 aliphatic heterocycles. The lowest BCUT2D eigenvalue weighted by molar-refractivity contribution is -0.125. The molecule has 1 aliphatic rings. The third-order valence-corrected chi connectivity index (χ3v) is 4.40. The highest BCUT2D eigenvalue weighted by atomic mass is 16.2. The van der Waals surface area contributed by atoms with E-state index in [-0.39, 0.29) is 11.8 Å². The molecule has 0 saturated carbocycles. The van der Waals surface area contributed by atoms with Crippen molar-refractivity contribution in [2.75, 3.05) is 16.8 Å². The predicted molar refractivity (Wildman–Crippen MR) is 101 cm³/mol. The lowest BCUT2D eigenvalue weighted by Crippen LogP contribution is -2.38. The van der Waals surface area contributed by atoms with Gasteiger partial charge in [0.15, 0.2) is 0 Å². The van der Waals surface area contributed by atoms with Crippen molar-refractivity contribution in [2.45, 2.75) is 27.2 Å². The van der Waals surface area contributed by atoms with Crippen molar-refractivity contribution >= 4 is 23.2 Å². The molecule has 0 unspecified atom stereocenters. The Kier molecular flexibility index (Phi) is 4.52. The first kappa shape index (κ1) is 17.7. The summed E-state index contributed by atoms with van der Waals surface area (Å²) in [6.45, 7) is 6.41. The molecule has 0 radical (unpaired) electrons. The Bertz CT molecular complexity index is 902. The Morgan fingerprint density at radius 3 is 2.42 bits per heavy atom. The Balaban J connectivity index is 1.77. The highest BCUT2D eigenvalue weighted by molar-refractivity contribution is 6.05. The van der Waals surface area contributed by atoms with Crippen molar-refractivity contribution in [3.05, 3.63) is 59.2 Å². The van der Waals surface area contributed by atoms with Crippen LogP contribution in [0.1, 0.15) is 42.3 Å². The Morgan fingerprint density at radius 1 is 1.12 bits per heavy atom. The zero-order valence-corrected chi connectivity index (χ0v) is 15.2. The van der Waals surface area contributed by atoms with E-state index in [9.17, 15) is 9.59 Å². The van der Waals surface area contributed by atoms with Gasteiger partial charge in [-0.05, 0) is 54.4 Å². The van der Waals surface area contributed by atoms with E-state index in [1.54, 1.807) is 24.3 Å². The summed E-state index contributed by atoms with van der Waals surface area (Å²) in [7, 11) is 0. The fourth-order valence-electron chi connectivity index (χ4n) is 2.99. The smallest absolute Gasteiger partial charge is 0.255 e. The number of nitrogens with zero attached hydrogens (tertiary/aromatic N) is 2. The lowest BCUT2D eigenvalue weighted by atomic mass is 9.94. The van der Waals surface area contributed by atoms with Crippen molar-refractivity contribution < 1.29 is 9.59 Å². The van der Waals surface area contributed by atoms with E-state index in [4.69, 9.17) is 5.26 Å². The van der Waals surface area contributed by atoms with Crippen LogP contribution in [0.4, 0.5) is 11.4 Å². The molecule has 5 heteroatoms. The minimum Gasteiger partial charge on any atom is -0.322 e.